The number of rotatable bonds is 8. The number of para-hydroxylation sites is 4. The summed E-state index contributed by atoms with van der Waals surface area (Å²) in [5.41, 5.74) is 2.14. The third-order valence-corrected chi connectivity index (χ3v) is 7.78. The maximum Gasteiger partial charge on any atom is 0.242 e. The van der Waals surface area contributed by atoms with Crippen LogP contribution in [0.1, 0.15) is 66.2 Å². The first-order chi connectivity index (χ1) is 22.0. The maximum absolute atomic E-state index is 12.5. The van der Waals surface area contributed by atoms with E-state index in [1.807, 2.05) is 0 Å². The fraction of sp³-hybridized carbons (Fsp3) is 0.471. The van der Waals surface area contributed by atoms with Gasteiger partial charge in [-0.15, -0.1) is 0 Å². The fourth-order valence-electron chi connectivity index (χ4n) is 5.50. The van der Waals surface area contributed by atoms with Crippen molar-refractivity contribution in [2.45, 2.75) is 66.2 Å². The first kappa shape index (κ1) is 35.7. The fourth-order valence-corrected chi connectivity index (χ4v) is 5.50. The lowest BCUT2D eigenvalue weighted by atomic mass is 10.1. The molecular weight excluding hydrogens is 588 g/mol. The molecule has 0 unspecified atom stereocenters. The highest BCUT2D eigenvalue weighted by molar-refractivity contribution is 6.04. The van der Waals surface area contributed by atoms with Gasteiger partial charge in [0.25, 0.3) is 0 Å². The Labute approximate surface area is 271 Å². The summed E-state index contributed by atoms with van der Waals surface area (Å²) in [6.07, 6.45) is 6.32. The van der Waals surface area contributed by atoms with E-state index in [2.05, 4.69) is 10.6 Å². The third-order valence-electron chi connectivity index (χ3n) is 7.78. The van der Waals surface area contributed by atoms with E-state index in [1.54, 1.807) is 58.3 Å². The smallest absolute Gasteiger partial charge is 0.242 e. The molecule has 6 amide bonds. The molecule has 0 aliphatic carbocycles. The van der Waals surface area contributed by atoms with Crippen molar-refractivity contribution >= 4 is 58.2 Å². The van der Waals surface area contributed by atoms with E-state index in [-0.39, 0.29) is 48.5 Å². The van der Waals surface area contributed by atoms with Crippen LogP contribution in [0, 0.1) is 0 Å². The van der Waals surface area contributed by atoms with Crippen molar-refractivity contribution in [3.05, 3.63) is 48.5 Å². The molecule has 2 aromatic carbocycles. The Balaban J connectivity index is 0.000000250. The molecule has 2 aromatic rings. The summed E-state index contributed by atoms with van der Waals surface area (Å²) in [6.45, 7) is 8.65. The topological polar surface area (TPSA) is 139 Å². The van der Waals surface area contributed by atoms with Crippen LogP contribution in [0.4, 0.5) is 22.7 Å². The van der Waals surface area contributed by atoms with Gasteiger partial charge >= 0.3 is 0 Å². The number of nitrogens with zero attached hydrogens (tertiary/aromatic N) is 4. The van der Waals surface area contributed by atoms with E-state index in [4.69, 9.17) is 0 Å². The van der Waals surface area contributed by atoms with Gasteiger partial charge in [0.15, 0.2) is 0 Å². The van der Waals surface area contributed by atoms with Crippen LogP contribution >= 0.6 is 0 Å². The molecule has 0 bridgehead atoms. The van der Waals surface area contributed by atoms with Gasteiger partial charge in [0.1, 0.15) is 13.1 Å². The Kier molecular flexibility index (Phi) is 13.7. The van der Waals surface area contributed by atoms with Gasteiger partial charge in [-0.05, 0) is 62.8 Å². The molecule has 0 saturated carbocycles. The van der Waals surface area contributed by atoms with E-state index < -0.39 is 0 Å². The first-order valence-corrected chi connectivity index (χ1v) is 15.8. The standard InChI is InChI=1S/2C17H23N3O3/c2*1-13(21)18-15-8-4-5-9-16(15)20(14(2)22)12-17(23)19-10-6-3-7-11-19/h2*4-5,8-9H,3,6-7,10-12H2,1-2H3,(H,18,21). The summed E-state index contributed by atoms with van der Waals surface area (Å²) >= 11 is 0. The number of carbonyl (C=O) groups excluding carboxylic acids is 6. The lowest BCUT2D eigenvalue weighted by Gasteiger charge is -2.30. The predicted molar refractivity (Wildman–Crippen MR) is 178 cm³/mol. The normalized spacial score (nSPS) is 14.3. The van der Waals surface area contributed by atoms with Crippen molar-refractivity contribution < 1.29 is 28.8 Å². The van der Waals surface area contributed by atoms with Gasteiger partial charge in [0.05, 0.1) is 22.7 Å². The van der Waals surface area contributed by atoms with Gasteiger partial charge in [-0.3, -0.25) is 28.8 Å². The molecule has 2 heterocycles. The highest BCUT2D eigenvalue weighted by atomic mass is 16.2. The Morgan fingerprint density at radius 3 is 1.17 bits per heavy atom. The van der Waals surface area contributed by atoms with E-state index in [0.29, 0.717) is 22.7 Å². The Bertz CT molecular complexity index is 1290. The summed E-state index contributed by atoms with van der Waals surface area (Å²) in [5, 5.41) is 5.41. The summed E-state index contributed by atoms with van der Waals surface area (Å²) in [6, 6.07) is 14.0. The summed E-state index contributed by atoms with van der Waals surface area (Å²) < 4.78 is 0. The second kappa shape index (κ2) is 17.7. The molecule has 0 radical (unpaired) electrons. The second-order valence-corrected chi connectivity index (χ2v) is 11.5. The van der Waals surface area contributed by atoms with Gasteiger partial charge in [-0.25, -0.2) is 0 Å². The van der Waals surface area contributed by atoms with E-state index in [9.17, 15) is 28.8 Å². The number of nitrogens with one attached hydrogen (secondary N) is 2. The molecule has 248 valence electrons. The van der Waals surface area contributed by atoms with Crippen LogP contribution in [-0.4, -0.2) is 84.5 Å². The van der Waals surface area contributed by atoms with Crippen LogP contribution in [0.2, 0.25) is 0 Å². The van der Waals surface area contributed by atoms with Crippen LogP contribution in [0.3, 0.4) is 0 Å². The highest BCUT2D eigenvalue weighted by Crippen LogP contribution is 2.27. The highest BCUT2D eigenvalue weighted by Gasteiger charge is 2.25. The number of benzene rings is 2. The van der Waals surface area contributed by atoms with E-state index in [1.165, 1.54) is 37.5 Å². The van der Waals surface area contributed by atoms with Crippen LogP contribution in [-0.2, 0) is 28.8 Å². The van der Waals surface area contributed by atoms with Gasteiger partial charge in [-0.2, -0.15) is 0 Å². The van der Waals surface area contributed by atoms with Gasteiger partial charge < -0.3 is 30.2 Å². The zero-order chi connectivity index (χ0) is 33.6. The Morgan fingerprint density at radius 2 is 0.870 bits per heavy atom. The van der Waals surface area contributed by atoms with E-state index >= 15 is 0 Å². The average molecular weight is 635 g/mol. The number of hydrogen-bond donors (Lipinski definition) is 2. The van der Waals surface area contributed by atoms with Crippen molar-refractivity contribution in [3.63, 3.8) is 0 Å². The predicted octanol–water partition coefficient (Wildman–Crippen LogP) is 4.02. The molecule has 2 aliphatic rings. The zero-order valence-corrected chi connectivity index (χ0v) is 27.3. The number of carbonyl (C=O) groups is 6. The molecule has 0 atom stereocenters. The van der Waals surface area contributed by atoms with Gasteiger partial charge in [0, 0.05) is 53.9 Å². The lowest BCUT2D eigenvalue weighted by Crippen LogP contribution is -2.44. The van der Waals surface area contributed by atoms with Crippen molar-refractivity contribution in [2.75, 3.05) is 59.7 Å². The van der Waals surface area contributed by atoms with Gasteiger partial charge in [-0.1, -0.05) is 24.3 Å². The average Bonchev–Trinajstić information content (AvgIpc) is 3.03. The first-order valence-electron chi connectivity index (χ1n) is 15.8. The third kappa shape index (κ3) is 10.7. The van der Waals surface area contributed by atoms with Crippen molar-refractivity contribution in [3.8, 4) is 0 Å². The summed E-state index contributed by atoms with van der Waals surface area (Å²) in [4.78, 5) is 78.1. The number of anilines is 4. The van der Waals surface area contributed by atoms with Crippen molar-refractivity contribution in [1.29, 1.82) is 0 Å². The number of piperidine rings is 2. The van der Waals surface area contributed by atoms with Crippen molar-refractivity contribution in [2.24, 2.45) is 0 Å². The van der Waals surface area contributed by atoms with Crippen LogP contribution in [0.25, 0.3) is 0 Å². The Hall–Kier alpha value is -4.74. The maximum atomic E-state index is 12.5. The van der Waals surface area contributed by atoms with Gasteiger partial charge in [0.2, 0.25) is 35.4 Å². The molecule has 2 aliphatic heterocycles. The SMILES string of the molecule is CC(=O)Nc1ccccc1N(CC(=O)N1CCCCC1)C(C)=O.CC(=O)Nc1ccccc1N(CC(=O)N1CCCCC1)C(C)=O. The molecule has 12 nitrogen and oxygen atoms in total. The molecule has 2 N–H and O–H groups in total. The van der Waals surface area contributed by atoms with Crippen LogP contribution < -0.4 is 20.4 Å². The molecule has 46 heavy (non-hydrogen) atoms. The van der Waals surface area contributed by atoms with Crippen LogP contribution in [0.5, 0.6) is 0 Å². The number of hydrogen-bond acceptors (Lipinski definition) is 6. The molecule has 0 spiro atoms. The minimum atomic E-state index is -0.229. The molecule has 2 saturated heterocycles. The number of likely N-dealkylation sites (tertiary alicyclic amines) is 2. The summed E-state index contributed by atoms with van der Waals surface area (Å²) in [5.74, 6) is -1.01. The molecule has 4 rings (SSSR count). The largest absolute Gasteiger partial charge is 0.341 e. The molecular formula is C34H46N6O6. The molecule has 0 aromatic heterocycles. The van der Waals surface area contributed by atoms with Crippen LogP contribution in [0.15, 0.2) is 48.5 Å². The minimum absolute atomic E-state index is 0.00800. The second-order valence-electron chi connectivity index (χ2n) is 11.5. The molecule has 2 fully saturated rings. The Morgan fingerprint density at radius 1 is 0.543 bits per heavy atom. The molecule has 12 heteroatoms. The minimum Gasteiger partial charge on any atom is -0.341 e. The van der Waals surface area contributed by atoms with Crippen molar-refractivity contribution in [1.82, 2.24) is 9.80 Å². The quantitative estimate of drug-likeness (QED) is 0.450. The lowest BCUT2D eigenvalue weighted by molar-refractivity contribution is -0.132. The van der Waals surface area contributed by atoms with E-state index in [0.717, 1.165) is 64.7 Å². The monoisotopic (exact) mass is 634 g/mol. The summed E-state index contributed by atoms with van der Waals surface area (Å²) in [7, 11) is 0. The zero-order valence-electron chi connectivity index (χ0n) is 27.3. The number of amides is 6.